The van der Waals surface area contributed by atoms with E-state index in [1.165, 1.54) is 7.11 Å². The van der Waals surface area contributed by atoms with Gasteiger partial charge in [0.2, 0.25) is 0 Å². The van der Waals surface area contributed by atoms with E-state index in [0.29, 0.717) is 5.56 Å². The Morgan fingerprint density at radius 1 is 1.44 bits per heavy atom. The molecule has 0 N–H and O–H groups in total. The number of aldehydes is 1. The molecule has 0 spiro atoms. The van der Waals surface area contributed by atoms with Crippen molar-refractivity contribution in [2.45, 2.75) is 6.54 Å². The highest BCUT2D eigenvalue weighted by Crippen LogP contribution is 2.19. The predicted octanol–water partition coefficient (Wildman–Crippen LogP) is 1.63. The third-order valence-corrected chi connectivity index (χ3v) is 2.47. The van der Waals surface area contributed by atoms with Crippen LogP contribution in [0.15, 0.2) is 30.5 Å². The first-order valence-electron chi connectivity index (χ1n) is 4.86. The molecule has 1 heterocycles. The highest BCUT2D eigenvalue weighted by Gasteiger charge is 2.08. The molecule has 0 atom stereocenters. The highest BCUT2D eigenvalue weighted by atomic mass is 16.5. The number of aromatic nitrogens is 1. The summed E-state index contributed by atoms with van der Waals surface area (Å²) in [7, 11) is 1.34. The van der Waals surface area contributed by atoms with Gasteiger partial charge in [-0.05, 0) is 12.1 Å². The Labute approximate surface area is 92.4 Å². The highest BCUT2D eigenvalue weighted by molar-refractivity contribution is 5.96. The average Bonchev–Trinajstić information content (AvgIpc) is 2.72. The molecule has 0 aliphatic carbocycles. The van der Waals surface area contributed by atoms with Gasteiger partial charge in [0.05, 0.1) is 12.6 Å². The van der Waals surface area contributed by atoms with Crippen LogP contribution in [0.2, 0.25) is 0 Å². The number of rotatable bonds is 3. The van der Waals surface area contributed by atoms with Crippen LogP contribution >= 0.6 is 0 Å². The summed E-state index contributed by atoms with van der Waals surface area (Å²) in [5.41, 5.74) is 1.34. The van der Waals surface area contributed by atoms with E-state index in [-0.39, 0.29) is 12.5 Å². The van der Waals surface area contributed by atoms with E-state index in [4.69, 9.17) is 0 Å². The molecule has 0 saturated heterocycles. The SMILES string of the molecule is COC(=O)Cn1ccc2cccc(C=O)c21. The summed E-state index contributed by atoms with van der Waals surface area (Å²) in [5, 5.41) is 0.938. The zero-order valence-corrected chi connectivity index (χ0v) is 8.84. The van der Waals surface area contributed by atoms with Crippen molar-refractivity contribution in [3.05, 3.63) is 36.0 Å². The van der Waals surface area contributed by atoms with Crippen LogP contribution in [-0.2, 0) is 16.1 Å². The standard InChI is InChI=1S/C12H11NO3/c1-16-11(15)7-13-6-5-9-3-2-4-10(8-14)12(9)13/h2-6,8H,7H2,1H3. The fourth-order valence-electron chi connectivity index (χ4n) is 1.72. The van der Waals surface area contributed by atoms with E-state index >= 15 is 0 Å². The van der Waals surface area contributed by atoms with E-state index in [1.807, 2.05) is 18.2 Å². The number of carbonyl (C=O) groups is 2. The van der Waals surface area contributed by atoms with Crippen LogP contribution in [0.25, 0.3) is 10.9 Å². The molecule has 16 heavy (non-hydrogen) atoms. The van der Waals surface area contributed by atoms with Crippen molar-refractivity contribution in [1.29, 1.82) is 0 Å². The van der Waals surface area contributed by atoms with Crippen molar-refractivity contribution >= 4 is 23.2 Å². The van der Waals surface area contributed by atoms with E-state index < -0.39 is 0 Å². The first kappa shape index (κ1) is 10.4. The molecule has 0 amide bonds. The Morgan fingerprint density at radius 3 is 2.94 bits per heavy atom. The van der Waals surface area contributed by atoms with Gasteiger partial charge in [0.25, 0.3) is 0 Å². The smallest absolute Gasteiger partial charge is 0.325 e. The molecular weight excluding hydrogens is 206 g/mol. The van der Waals surface area contributed by atoms with Crippen LogP contribution in [0.3, 0.4) is 0 Å². The first-order chi connectivity index (χ1) is 7.76. The molecule has 2 aromatic rings. The van der Waals surface area contributed by atoms with Crippen molar-refractivity contribution < 1.29 is 14.3 Å². The van der Waals surface area contributed by atoms with Gasteiger partial charge < -0.3 is 9.30 Å². The fourth-order valence-corrected chi connectivity index (χ4v) is 1.72. The number of esters is 1. The molecule has 0 unspecified atom stereocenters. The van der Waals surface area contributed by atoms with Crippen LogP contribution in [-0.4, -0.2) is 23.9 Å². The number of ether oxygens (including phenoxy) is 1. The van der Waals surface area contributed by atoms with Crippen molar-refractivity contribution in [3.63, 3.8) is 0 Å². The third kappa shape index (κ3) is 1.69. The van der Waals surface area contributed by atoms with Crippen LogP contribution in [0.4, 0.5) is 0 Å². The average molecular weight is 217 g/mol. The number of para-hydroxylation sites is 1. The second-order valence-electron chi connectivity index (χ2n) is 3.42. The van der Waals surface area contributed by atoms with Crippen molar-refractivity contribution in [1.82, 2.24) is 4.57 Å². The van der Waals surface area contributed by atoms with Gasteiger partial charge in [-0.3, -0.25) is 9.59 Å². The maximum atomic E-state index is 11.2. The number of hydrogen-bond acceptors (Lipinski definition) is 3. The lowest BCUT2D eigenvalue weighted by Crippen LogP contribution is -2.11. The molecule has 0 saturated carbocycles. The number of nitrogens with zero attached hydrogens (tertiary/aromatic N) is 1. The van der Waals surface area contributed by atoms with Gasteiger partial charge in [-0.15, -0.1) is 0 Å². The zero-order valence-electron chi connectivity index (χ0n) is 8.84. The molecule has 4 nitrogen and oxygen atoms in total. The van der Waals surface area contributed by atoms with Gasteiger partial charge in [0.1, 0.15) is 6.54 Å². The molecule has 4 heteroatoms. The summed E-state index contributed by atoms with van der Waals surface area (Å²) in [6.07, 6.45) is 2.56. The summed E-state index contributed by atoms with van der Waals surface area (Å²) < 4.78 is 6.31. The number of benzene rings is 1. The monoisotopic (exact) mass is 217 g/mol. The second kappa shape index (κ2) is 4.18. The summed E-state index contributed by atoms with van der Waals surface area (Å²) in [5.74, 6) is -0.335. The fraction of sp³-hybridized carbons (Fsp3) is 0.167. The van der Waals surface area contributed by atoms with Crippen LogP contribution in [0.1, 0.15) is 10.4 Å². The maximum Gasteiger partial charge on any atom is 0.325 e. The van der Waals surface area contributed by atoms with Crippen LogP contribution in [0.5, 0.6) is 0 Å². The van der Waals surface area contributed by atoms with E-state index in [0.717, 1.165) is 17.2 Å². The molecule has 1 aromatic carbocycles. The summed E-state index contributed by atoms with van der Waals surface area (Å²) in [4.78, 5) is 22.1. The number of hydrogen-bond donors (Lipinski definition) is 0. The molecule has 82 valence electrons. The molecular formula is C12H11NO3. The van der Waals surface area contributed by atoms with Gasteiger partial charge in [-0.2, -0.15) is 0 Å². The maximum absolute atomic E-state index is 11.2. The summed E-state index contributed by atoms with van der Waals surface area (Å²) >= 11 is 0. The lowest BCUT2D eigenvalue weighted by Gasteiger charge is -2.05. The Balaban J connectivity index is 2.53. The van der Waals surface area contributed by atoms with Crippen molar-refractivity contribution in [3.8, 4) is 0 Å². The van der Waals surface area contributed by atoms with Crippen LogP contribution < -0.4 is 0 Å². The number of fused-ring (bicyclic) bond motifs is 1. The number of carbonyl (C=O) groups excluding carboxylic acids is 2. The van der Waals surface area contributed by atoms with E-state index in [9.17, 15) is 9.59 Å². The molecule has 0 aliphatic rings. The Kier molecular flexibility index (Phi) is 2.72. The first-order valence-corrected chi connectivity index (χ1v) is 4.86. The quantitative estimate of drug-likeness (QED) is 0.580. The zero-order chi connectivity index (χ0) is 11.5. The lowest BCUT2D eigenvalue weighted by molar-refractivity contribution is -0.141. The Hall–Kier alpha value is -2.10. The minimum Gasteiger partial charge on any atom is -0.468 e. The van der Waals surface area contributed by atoms with Crippen LogP contribution in [0, 0.1) is 0 Å². The van der Waals surface area contributed by atoms with Gasteiger partial charge in [0, 0.05) is 17.1 Å². The van der Waals surface area contributed by atoms with Gasteiger partial charge in [-0.25, -0.2) is 0 Å². The molecule has 0 fully saturated rings. The minimum absolute atomic E-state index is 0.116. The molecule has 0 aliphatic heterocycles. The van der Waals surface area contributed by atoms with E-state index in [1.54, 1.807) is 16.8 Å². The molecule has 2 rings (SSSR count). The Bertz CT molecular complexity index is 542. The summed E-state index contributed by atoms with van der Waals surface area (Å²) in [6, 6.07) is 7.30. The number of methoxy groups -OCH3 is 1. The van der Waals surface area contributed by atoms with Crippen molar-refractivity contribution in [2.75, 3.05) is 7.11 Å². The molecule has 1 aromatic heterocycles. The van der Waals surface area contributed by atoms with Gasteiger partial charge in [-0.1, -0.05) is 12.1 Å². The normalized spacial score (nSPS) is 10.3. The predicted molar refractivity (Wildman–Crippen MR) is 59.3 cm³/mol. The molecule has 0 bridgehead atoms. The Morgan fingerprint density at radius 2 is 2.25 bits per heavy atom. The van der Waals surface area contributed by atoms with Crippen molar-refractivity contribution in [2.24, 2.45) is 0 Å². The lowest BCUT2D eigenvalue weighted by atomic mass is 10.1. The van der Waals surface area contributed by atoms with Gasteiger partial charge in [0.15, 0.2) is 6.29 Å². The largest absolute Gasteiger partial charge is 0.468 e. The minimum atomic E-state index is -0.335. The topological polar surface area (TPSA) is 48.3 Å². The summed E-state index contributed by atoms with van der Waals surface area (Å²) in [6.45, 7) is 0.116. The molecule has 0 radical (unpaired) electrons. The third-order valence-electron chi connectivity index (χ3n) is 2.47. The second-order valence-corrected chi connectivity index (χ2v) is 3.42. The van der Waals surface area contributed by atoms with Gasteiger partial charge >= 0.3 is 5.97 Å². The van der Waals surface area contributed by atoms with E-state index in [2.05, 4.69) is 4.74 Å².